The van der Waals surface area contributed by atoms with Gasteiger partial charge in [-0.05, 0) is 30.7 Å². The summed E-state index contributed by atoms with van der Waals surface area (Å²) in [6.07, 6.45) is 0.851. The average molecular weight is 342 g/mol. The summed E-state index contributed by atoms with van der Waals surface area (Å²) >= 11 is 0. The van der Waals surface area contributed by atoms with Crippen molar-refractivity contribution in [2.24, 2.45) is 0 Å². The Bertz CT molecular complexity index is 668. The van der Waals surface area contributed by atoms with Crippen molar-refractivity contribution in [2.75, 3.05) is 18.5 Å². The van der Waals surface area contributed by atoms with Gasteiger partial charge in [-0.3, -0.25) is 0 Å². The Balaban J connectivity index is 1.46. The molecule has 0 aromatic heterocycles. The molecule has 4 heteroatoms. The Hall–Kier alpha value is -1.78. The minimum atomic E-state index is -1.11. The molecule has 0 saturated carbocycles. The van der Waals surface area contributed by atoms with Crippen LogP contribution in [0.15, 0.2) is 48.5 Å². The summed E-state index contributed by atoms with van der Waals surface area (Å²) in [5.41, 5.74) is 2.23. The summed E-state index contributed by atoms with van der Waals surface area (Å²) in [5, 5.41) is 14.9. The molecule has 2 aromatic rings. The minimum Gasteiger partial charge on any atom is -0.491 e. The highest BCUT2D eigenvalue weighted by atomic mass is 28.3. The van der Waals surface area contributed by atoms with Crippen LogP contribution in [0.25, 0.3) is 0 Å². The lowest BCUT2D eigenvalue weighted by Gasteiger charge is -2.36. The number of ether oxygens (including phenoxy) is 1. The minimum absolute atomic E-state index is 0.299. The molecule has 3 nitrogen and oxygen atoms in total. The molecule has 24 heavy (non-hydrogen) atoms. The van der Waals surface area contributed by atoms with Crippen LogP contribution in [0, 0.1) is 6.92 Å². The van der Waals surface area contributed by atoms with Gasteiger partial charge in [-0.25, -0.2) is 0 Å². The van der Waals surface area contributed by atoms with Gasteiger partial charge in [0.25, 0.3) is 0 Å². The lowest BCUT2D eigenvalue weighted by atomic mass is 10.2. The van der Waals surface area contributed by atoms with Crippen LogP contribution in [0.3, 0.4) is 0 Å². The Morgan fingerprint density at radius 3 is 2.46 bits per heavy atom. The molecule has 0 amide bonds. The van der Waals surface area contributed by atoms with Crippen molar-refractivity contribution in [2.45, 2.75) is 38.1 Å². The average Bonchev–Trinajstić information content (AvgIpc) is 2.57. The van der Waals surface area contributed by atoms with Gasteiger partial charge in [0.1, 0.15) is 18.5 Å². The summed E-state index contributed by atoms with van der Waals surface area (Å²) in [7, 11) is -1.11. The van der Waals surface area contributed by atoms with E-state index >= 15 is 0 Å². The quantitative estimate of drug-likeness (QED) is 0.757. The number of benzene rings is 2. The van der Waals surface area contributed by atoms with Crippen molar-refractivity contribution < 1.29 is 9.84 Å². The molecule has 1 atom stereocenters. The van der Waals surface area contributed by atoms with Gasteiger partial charge in [0.15, 0.2) is 0 Å². The molecule has 0 bridgehead atoms. The number of anilines is 1. The third kappa shape index (κ3) is 4.00. The third-order valence-electron chi connectivity index (χ3n) is 5.12. The van der Waals surface area contributed by atoms with Crippen molar-refractivity contribution in [3.05, 3.63) is 54.1 Å². The van der Waals surface area contributed by atoms with Crippen molar-refractivity contribution in [1.29, 1.82) is 0 Å². The smallest absolute Gasteiger partial charge is 0.119 e. The summed E-state index contributed by atoms with van der Waals surface area (Å²) < 4.78 is 5.73. The van der Waals surface area contributed by atoms with Gasteiger partial charge in [-0.1, -0.05) is 60.6 Å². The van der Waals surface area contributed by atoms with E-state index in [9.17, 15) is 5.11 Å². The van der Waals surface area contributed by atoms with Gasteiger partial charge in [0.05, 0.1) is 8.07 Å². The first-order chi connectivity index (χ1) is 11.6. The lowest BCUT2D eigenvalue weighted by molar-refractivity contribution is 0.117. The highest BCUT2D eigenvalue weighted by Gasteiger charge is 2.35. The van der Waals surface area contributed by atoms with E-state index in [1.807, 2.05) is 30.3 Å². The van der Waals surface area contributed by atoms with Gasteiger partial charge >= 0.3 is 0 Å². The van der Waals surface area contributed by atoms with Crippen LogP contribution in [-0.2, 0) is 0 Å². The van der Waals surface area contributed by atoms with Gasteiger partial charge in [0, 0.05) is 12.2 Å². The molecule has 0 spiro atoms. The normalized spacial score (nSPS) is 17.0. The van der Waals surface area contributed by atoms with Gasteiger partial charge < -0.3 is 15.2 Å². The second-order valence-corrected chi connectivity index (χ2v) is 11.8. The Morgan fingerprint density at radius 1 is 1.12 bits per heavy atom. The van der Waals surface area contributed by atoms with Crippen LogP contribution < -0.4 is 15.2 Å². The monoisotopic (exact) mass is 341 g/mol. The highest BCUT2D eigenvalue weighted by molar-refractivity contribution is 6.92. The van der Waals surface area contributed by atoms with Crippen molar-refractivity contribution >= 4 is 18.9 Å². The maximum atomic E-state index is 10.1. The molecule has 128 valence electrons. The molecular weight excluding hydrogens is 314 g/mol. The topological polar surface area (TPSA) is 41.5 Å². The standard InChI is InChI=1S/C20H27NO2Si/c1-16-6-3-4-7-20(16)21-14-17(22)15-23-18-8-10-19(11-9-18)24(2)12-5-13-24/h3-4,6-11,17,21-22H,5,12-15H2,1-2H3/t17-/m0/s1. The van der Waals surface area contributed by atoms with Crippen molar-refractivity contribution in [3.8, 4) is 5.75 Å². The van der Waals surface area contributed by atoms with Crippen LogP contribution in [0.4, 0.5) is 5.69 Å². The molecule has 1 aliphatic heterocycles. The summed E-state index contributed by atoms with van der Waals surface area (Å²) in [4.78, 5) is 0. The summed E-state index contributed by atoms with van der Waals surface area (Å²) in [5.74, 6) is 0.839. The maximum absolute atomic E-state index is 10.1. The van der Waals surface area contributed by atoms with Crippen LogP contribution in [-0.4, -0.2) is 32.4 Å². The molecule has 2 N–H and O–H groups in total. The first-order valence-electron chi connectivity index (χ1n) is 8.78. The fraction of sp³-hybridized carbons (Fsp3) is 0.400. The largest absolute Gasteiger partial charge is 0.491 e. The van der Waals surface area contributed by atoms with Crippen LogP contribution in [0.1, 0.15) is 12.0 Å². The van der Waals surface area contributed by atoms with Gasteiger partial charge in [0.2, 0.25) is 0 Å². The molecule has 3 rings (SSSR count). The zero-order chi connectivity index (χ0) is 17.0. The Morgan fingerprint density at radius 2 is 1.83 bits per heavy atom. The fourth-order valence-corrected chi connectivity index (χ4v) is 6.16. The number of rotatable bonds is 7. The molecule has 1 heterocycles. The molecule has 1 aliphatic rings. The number of nitrogens with one attached hydrogen (secondary N) is 1. The van der Waals surface area contributed by atoms with Crippen molar-refractivity contribution in [3.63, 3.8) is 0 Å². The zero-order valence-electron chi connectivity index (χ0n) is 14.6. The molecule has 0 unspecified atom stereocenters. The first-order valence-corrected chi connectivity index (χ1v) is 11.7. The van der Waals surface area contributed by atoms with E-state index < -0.39 is 14.2 Å². The predicted molar refractivity (Wildman–Crippen MR) is 103 cm³/mol. The summed E-state index contributed by atoms with van der Waals surface area (Å²) in [6.45, 7) is 5.30. The van der Waals surface area contributed by atoms with Gasteiger partial charge in [-0.15, -0.1) is 0 Å². The predicted octanol–water partition coefficient (Wildman–Crippen LogP) is 3.54. The third-order valence-corrected chi connectivity index (χ3v) is 9.77. The fourth-order valence-electron chi connectivity index (χ4n) is 3.20. The van der Waals surface area contributed by atoms with E-state index in [1.165, 1.54) is 29.3 Å². The molecule has 0 radical (unpaired) electrons. The molecule has 1 fully saturated rings. The summed E-state index contributed by atoms with van der Waals surface area (Å²) in [6, 6.07) is 19.4. The number of aliphatic hydroxyl groups excluding tert-OH is 1. The van der Waals surface area contributed by atoms with E-state index in [-0.39, 0.29) is 0 Å². The van der Waals surface area contributed by atoms with Crippen LogP contribution in [0.5, 0.6) is 5.75 Å². The maximum Gasteiger partial charge on any atom is 0.119 e. The van der Waals surface area contributed by atoms with Crippen molar-refractivity contribution in [1.82, 2.24) is 0 Å². The van der Waals surface area contributed by atoms with E-state index in [2.05, 4.69) is 37.0 Å². The number of hydrogen-bond donors (Lipinski definition) is 2. The van der Waals surface area contributed by atoms with Crippen LogP contribution in [0.2, 0.25) is 18.6 Å². The zero-order valence-corrected chi connectivity index (χ0v) is 15.6. The lowest BCUT2D eigenvalue weighted by Crippen LogP contribution is -2.50. The number of aryl methyl sites for hydroxylation is 1. The number of aliphatic hydroxyl groups is 1. The Labute approximate surface area is 145 Å². The number of para-hydroxylation sites is 1. The molecule has 2 aromatic carbocycles. The van der Waals surface area contributed by atoms with E-state index in [4.69, 9.17) is 4.74 Å². The molecular formula is C20H27NO2Si. The molecule has 1 saturated heterocycles. The number of hydrogen-bond acceptors (Lipinski definition) is 3. The van der Waals surface area contributed by atoms with E-state index in [1.54, 1.807) is 0 Å². The SMILES string of the molecule is Cc1ccccc1NC[C@H](O)COc1ccc([Si]2(C)CCC2)cc1. The van der Waals surface area contributed by atoms with E-state index in [0.29, 0.717) is 13.2 Å². The highest BCUT2D eigenvalue weighted by Crippen LogP contribution is 2.31. The molecule has 0 aliphatic carbocycles. The first kappa shape index (κ1) is 17.1. The van der Waals surface area contributed by atoms with Gasteiger partial charge in [-0.2, -0.15) is 0 Å². The van der Waals surface area contributed by atoms with E-state index in [0.717, 1.165) is 11.4 Å². The second-order valence-electron chi connectivity index (χ2n) is 7.10. The Kier molecular flexibility index (Phi) is 5.26. The second kappa shape index (κ2) is 7.41. The van der Waals surface area contributed by atoms with Crippen LogP contribution >= 0.6 is 0 Å².